The summed E-state index contributed by atoms with van der Waals surface area (Å²) in [4.78, 5) is 4.16. The zero-order chi connectivity index (χ0) is 18.7. The van der Waals surface area contributed by atoms with Gasteiger partial charge in [0.05, 0.1) is 17.3 Å². The van der Waals surface area contributed by atoms with E-state index >= 15 is 0 Å². The first kappa shape index (κ1) is 18.2. The fraction of sp³-hybridized carbons (Fsp3) is 0.684. The summed E-state index contributed by atoms with van der Waals surface area (Å²) in [5.41, 5.74) is -1.35. The number of ether oxygens (including phenoxy) is 1. The molecule has 3 heterocycles. The average molecular weight is 372 g/mol. The van der Waals surface area contributed by atoms with Gasteiger partial charge in [0.15, 0.2) is 0 Å². The molecule has 3 aliphatic heterocycles. The number of halogens is 4. The predicted octanol–water partition coefficient (Wildman–Crippen LogP) is 3.39. The molecule has 0 unspecified atom stereocenters. The molecule has 7 heteroatoms. The minimum Gasteiger partial charge on any atom is -0.370 e. The van der Waals surface area contributed by atoms with Crippen LogP contribution in [0.2, 0.25) is 0 Å². The Balaban J connectivity index is 1.55. The lowest BCUT2D eigenvalue weighted by Crippen LogP contribution is -2.40. The zero-order valence-corrected chi connectivity index (χ0v) is 15.0. The van der Waals surface area contributed by atoms with Crippen LogP contribution in [0.25, 0.3) is 0 Å². The van der Waals surface area contributed by atoms with Gasteiger partial charge in [-0.25, -0.2) is 4.39 Å². The van der Waals surface area contributed by atoms with Crippen LogP contribution in [0.4, 0.5) is 17.6 Å². The summed E-state index contributed by atoms with van der Waals surface area (Å²) in [6.45, 7) is 2.38. The molecule has 4 rings (SSSR count). The highest BCUT2D eigenvalue weighted by Gasteiger charge is 2.62. The molecule has 0 amide bonds. The zero-order valence-electron chi connectivity index (χ0n) is 15.0. The molecule has 1 aromatic carbocycles. The van der Waals surface area contributed by atoms with Crippen LogP contribution < -0.4 is 0 Å². The van der Waals surface area contributed by atoms with E-state index in [0.717, 1.165) is 25.5 Å². The van der Waals surface area contributed by atoms with Gasteiger partial charge >= 0.3 is 6.18 Å². The summed E-state index contributed by atoms with van der Waals surface area (Å²) in [6, 6.07) is 3.61. The molecule has 0 N–H and O–H groups in total. The van der Waals surface area contributed by atoms with E-state index in [1.54, 1.807) is 0 Å². The number of benzene rings is 1. The van der Waals surface area contributed by atoms with Gasteiger partial charge in [0.1, 0.15) is 5.82 Å². The Hall–Kier alpha value is -1.18. The van der Waals surface area contributed by atoms with Crippen molar-refractivity contribution in [2.45, 2.75) is 37.3 Å². The molecule has 144 valence electrons. The van der Waals surface area contributed by atoms with Gasteiger partial charge in [-0.1, -0.05) is 12.1 Å². The molecule has 3 nitrogen and oxygen atoms in total. The third-order valence-corrected chi connectivity index (χ3v) is 6.21. The summed E-state index contributed by atoms with van der Waals surface area (Å²) in [7, 11) is 4.07. The van der Waals surface area contributed by atoms with Crippen molar-refractivity contribution in [3.63, 3.8) is 0 Å². The SMILES string of the molecule is CN(C)C[C@H]1[C@H]2CN(Cc3cccc(F)c3C(F)(F)F)C[C@]23CC[C@H]1O3. The first-order valence-electron chi connectivity index (χ1n) is 9.09. The van der Waals surface area contributed by atoms with Crippen molar-refractivity contribution in [1.82, 2.24) is 9.80 Å². The van der Waals surface area contributed by atoms with Crippen LogP contribution in [0.1, 0.15) is 24.0 Å². The number of alkyl halides is 3. The molecule has 2 bridgehead atoms. The summed E-state index contributed by atoms with van der Waals surface area (Å²) < 4.78 is 60.0. The fourth-order valence-corrected chi connectivity index (χ4v) is 5.33. The maximum absolute atomic E-state index is 13.8. The number of hydrogen-bond donors (Lipinski definition) is 0. The van der Waals surface area contributed by atoms with E-state index in [2.05, 4.69) is 4.90 Å². The fourth-order valence-electron chi connectivity index (χ4n) is 5.33. The standard InChI is InChI=1S/C19H24F4N2O/c1-24(2)9-13-14-10-25(11-18(14)7-6-16(13)26-18)8-12-4-3-5-15(20)17(12)19(21,22)23/h3-5,13-14,16H,6-11H2,1-2H3/t13-,14+,16+,18+/m0/s1. The second-order valence-corrected chi connectivity index (χ2v) is 8.23. The van der Waals surface area contributed by atoms with Gasteiger partial charge in [-0.2, -0.15) is 13.2 Å². The molecule has 0 saturated carbocycles. The van der Waals surface area contributed by atoms with E-state index in [9.17, 15) is 17.6 Å². The molecular formula is C19H24F4N2O. The molecular weight excluding hydrogens is 348 g/mol. The minimum atomic E-state index is -4.68. The predicted molar refractivity (Wildman–Crippen MR) is 89.1 cm³/mol. The van der Waals surface area contributed by atoms with Gasteiger partial charge in [0.25, 0.3) is 0 Å². The maximum atomic E-state index is 13.8. The Morgan fingerprint density at radius 2 is 2.08 bits per heavy atom. The normalized spacial score (nSPS) is 34.0. The smallest absolute Gasteiger partial charge is 0.370 e. The first-order valence-corrected chi connectivity index (χ1v) is 9.09. The third-order valence-electron chi connectivity index (χ3n) is 6.21. The van der Waals surface area contributed by atoms with Gasteiger partial charge in [0.2, 0.25) is 0 Å². The van der Waals surface area contributed by atoms with Crippen LogP contribution >= 0.6 is 0 Å². The maximum Gasteiger partial charge on any atom is 0.419 e. The summed E-state index contributed by atoms with van der Waals surface area (Å²) in [5.74, 6) is -0.444. The van der Waals surface area contributed by atoms with Crippen molar-refractivity contribution >= 4 is 0 Å². The molecule has 0 aliphatic carbocycles. The quantitative estimate of drug-likeness (QED) is 0.754. The monoisotopic (exact) mass is 372 g/mol. The Kier molecular flexibility index (Phi) is 4.32. The Morgan fingerprint density at radius 1 is 1.31 bits per heavy atom. The summed E-state index contributed by atoms with van der Waals surface area (Å²) in [6.07, 6.45) is -2.42. The van der Waals surface area contributed by atoms with E-state index in [4.69, 9.17) is 4.74 Å². The number of likely N-dealkylation sites (tertiary alicyclic amines) is 1. The Morgan fingerprint density at radius 3 is 2.77 bits per heavy atom. The van der Waals surface area contributed by atoms with E-state index < -0.39 is 17.6 Å². The number of fused-ring (bicyclic) bond motifs is 1. The van der Waals surface area contributed by atoms with E-state index in [1.807, 2.05) is 19.0 Å². The van der Waals surface area contributed by atoms with Crippen LogP contribution in [-0.4, -0.2) is 55.2 Å². The Labute approximate surface area is 150 Å². The van der Waals surface area contributed by atoms with Crippen molar-refractivity contribution in [2.75, 3.05) is 33.7 Å². The molecule has 26 heavy (non-hydrogen) atoms. The second kappa shape index (κ2) is 6.17. The van der Waals surface area contributed by atoms with E-state index in [-0.39, 0.29) is 23.8 Å². The van der Waals surface area contributed by atoms with E-state index in [0.29, 0.717) is 24.9 Å². The highest BCUT2D eigenvalue weighted by atomic mass is 19.4. The highest BCUT2D eigenvalue weighted by Crippen LogP contribution is 2.55. The lowest BCUT2D eigenvalue weighted by Gasteiger charge is -2.31. The molecule has 0 aromatic heterocycles. The van der Waals surface area contributed by atoms with Gasteiger partial charge in [0, 0.05) is 38.0 Å². The molecule has 0 radical (unpaired) electrons. The van der Waals surface area contributed by atoms with Crippen LogP contribution in [0.5, 0.6) is 0 Å². The van der Waals surface area contributed by atoms with Gasteiger partial charge in [-0.05, 0) is 38.6 Å². The van der Waals surface area contributed by atoms with Crippen molar-refractivity contribution < 1.29 is 22.3 Å². The van der Waals surface area contributed by atoms with Crippen LogP contribution in [0.3, 0.4) is 0 Å². The Bertz CT molecular complexity index is 693. The van der Waals surface area contributed by atoms with Gasteiger partial charge in [-0.15, -0.1) is 0 Å². The average Bonchev–Trinajstić information content (AvgIpc) is 3.15. The summed E-state index contributed by atoms with van der Waals surface area (Å²) in [5, 5.41) is 0. The van der Waals surface area contributed by atoms with Crippen LogP contribution in [-0.2, 0) is 17.5 Å². The van der Waals surface area contributed by atoms with Crippen molar-refractivity contribution in [3.05, 3.63) is 35.1 Å². The topological polar surface area (TPSA) is 15.7 Å². The third kappa shape index (κ3) is 2.94. The number of nitrogens with zero attached hydrogens (tertiary/aromatic N) is 2. The molecule has 4 atom stereocenters. The van der Waals surface area contributed by atoms with E-state index in [1.165, 1.54) is 12.1 Å². The largest absolute Gasteiger partial charge is 0.419 e. The molecule has 3 saturated heterocycles. The number of hydrogen-bond acceptors (Lipinski definition) is 3. The van der Waals surface area contributed by atoms with Crippen LogP contribution in [0.15, 0.2) is 18.2 Å². The minimum absolute atomic E-state index is 0.00702. The van der Waals surface area contributed by atoms with Gasteiger partial charge < -0.3 is 9.64 Å². The highest BCUT2D eigenvalue weighted by molar-refractivity contribution is 5.31. The molecule has 3 aliphatic rings. The lowest BCUT2D eigenvalue weighted by atomic mass is 9.73. The molecule has 3 fully saturated rings. The van der Waals surface area contributed by atoms with Gasteiger partial charge in [-0.3, -0.25) is 4.90 Å². The van der Waals surface area contributed by atoms with Crippen molar-refractivity contribution in [3.8, 4) is 0 Å². The van der Waals surface area contributed by atoms with Crippen molar-refractivity contribution in [2.24, 2.45) is 11.8 Å². The first-order chi connectivity index (χ1) is 12.2. The molecule has 1 spiro atoms. The number of rotatable bonds is 4. The second-order valence-electron chi connectivity index (χ2n) is 8.23. The lowest BCUT2D eigenvalue weighted by molar-refractivity contribution is -0.140. The molecule has 1 aromatic rings. The van der Waals surface area contributed by atoms with Crippen molar-refractivity contribution in [1.29, 1.82) is 0 Å². The summed E-state index contributed by atoms with van der Waals surface area (Å²) >= 11 is 0. The van der Waals surface area contributed by atoms with Crippen LogP contribution in [0, 0.1) is 17.7 Å².